The van der Waals surface area contributed by atoms with Crippen LogP contribution in [0.25, 0.3) is 0 Å². The lowest BCUT2D eigenvalue weighted by molar-refractivity contribution is 0.425. The zero-order valence-corrected chi connectivity index (χ0v) is 12.7. The van der Waals surface area contributed by atoms with Gasteiger partial charge >= 0.3 is 0 Å². The van der Waals surface area contributed by atoms with Gasteiger partial charge in [0.15, 0.2) is 17.3 Å². The van der Waals surface area contributed by atoms with Gasteiger partial charge in [0.2, 0.25) is 0 Å². The minimum absolute atomic E-state index is 0.341. The molecule has 0 spiro atoms. The van der Waals surface area contributed by atoms with Gasteiger partial charge in [0.25, 0.3) is 0 Å². The highest BCUT2D eigenvalue weighted by atomic mass is 15.3. The topological polar surface area (TPSA) is 90.6 Å². The molecule has 116 valence electrons. The molecule has 2 aromatic heterocycles. The number of hydrogen-bond donors (Lipinski definition) is 1. The average molecular weight is 307 g/mol. The van der Waals surface area contributed by atoms with Gasteiger partial charge < -0.3 is 10.2 Å². The highest BCUT2D eigenvalue weighted by Crippen LogP contribution is 2.27. The van der Waals surface area contributed by atoms with Crippen LogP contribution in [0.3, 0.4) is 0 Å². The molecule has 1 aliphatic heterocycles. The number of anilines is 2. The monoisotopic (exact) mass is 307 g/mol. The number of aromatic nitrogens is 4. The molecule has 0 radical (unpaired) electrons. The smallest absolute Gasteiger partial charge is 0.182 e. The molecular formula is C16H17N7. The summed E-state index contributed by atoms with van der Waals surface area (Å²) in [5, 5.41) is 20.9. The van der Waals surface area contributed by atoms with E-state index in [0.717, 1.165) is 38.3 Å². The van der Waals surface area contributed by atoms with Crippen LogP contribution in [0, 0.1) is 17.2 Å². The summed E-state index contributed by atoms with van der Waals surface area (Å²) in [5.74, 6) is 2.06. The molecule has 7 nitrogen and oxygen atoms in total. The van der Waals surface area contributed by atoms with Crippen molar-refractivity contribution in [3.8, 4) is 6.07 Å². The lowest BCUT2D eigenvalue weighted by Crippen LogP contribution is -2.50. The number of nitrogens with one attached hydrogen (secondary N) is 1. The predicted molar refractivity (Wildman–Crippen MR) is 85.0 cm³/mol. The maximum Gasteiger partial charge on any atom is 0.182 e. The molecule has 0 amide bonds. The van der Waals surface area contributed by atoms with Gasteiger partial charge in [0, 0.05) is 37.9 Å². The van der Waals surface area contributed by atoms with Crippen LogP contribution in [0.2, 0.25) is 0 Å². The summed E-state index contributed by atoms with van der Waals surface area (Å²) in [6.45, 7) is 2.67. The van der Waals surface area contributed by atoms with E-state index < -0.39 is 0 Å². The van der Waals surface area contributed by atoms with Gasteiger partial charge in [-0.2, -0.15) is 10.4 Å². The highest BCUT2D eigenvalue weighted by molar-refractivity contribution is 5.48. The van der Waals surface area contributed by atoms with E-state index in [-0.39, 0.29) is 0 Å². The molecule has 1 N–H and O–H groups in total. The van der Waals surface area contributed by atoms with Gasteiger partial charge in [-0.1, -0.05) is 0 Å². The standard InChI is InChI=1S/C16H17N7/c17-7-14-16(19-5-4-18-14)20-8-11-9-23(10-11)15-6-12-2-1-3-13(12)21-22-15/h4-6,11H,1-3,8-10H2,(H,19,20). The molecule has 1 saturated heterocycles. The van der Waals surface area contributed by atoms with Crippen molar-refractivity contribution in [1.29, 1.82) is 5.26 Å². The Labute approximate surface area is 134 Å². The first-order valence-corrected chi connectivity index (χ1v) is 7.89. The van der Waals surface area contributed by atoms with Crippen molar-refractivity contribution in [2.45, 2.75) is 19.3 Å². The Morgan fingerprint density at radius 3 is 2.96 bits per heavy atom. The van der Waals surface area contributed by atoms with E-state index in [1.54, 1.807) is 6.20 Å². The quantitative estimate of drug-likeness (QED) is 0.906. The maximum atomic E-state index is 9.01. The third-order valence-electron chi connectivity index (χ3n) is 4.45. The number of nitriles is 1. The summed E-state index contributed by atoms with van der Waals surface area (Å²) in [4.78, 5) is 10.4. The Kier molecular flexibility index (Phi) is 3.50. The van der Waals surface area contributed by atoms with Crippen molar-refractivity contribution in [3.05, 3.63) is 35.4 Å². The van der Waals surface area contributed by atoms with E-state index in [1.165, 1.54) is 23.9 Å². The lowest BCUT2D eigenvalue weighted by atomic mass is 10.00. The van der Waals surface area contributed by atoms with Gasteiger partial charge in [-0.25, -0.2) is 9.97 Å². The van der Waals surface area contributed by atoms with Crippen LogP contribution >= 0.6 is 0 Å². The predicted octanol–water partition coefficient (Wildman–Crippen LogP) is 1.18. The first kappa shape index (κ1) is 13.9. The van der Waals surface area contributed by atoms with Crippen LogP contribution in [0.15, 0.2) is 18.5 Å². The van der Waals surface area contributed by atoms with Crippen molar-refractivity contribution in [2.75, 3.05) is 29.9 Å². The van der Waals surface area contributed by atoms with Crippen LogP contribution in [-0.2, 0) is 12.8 Å². The van der Waals surface area contributed by atoms with Gasteiger partial charge in [-0.3, -0.25) is 0 Å². The summed E-state index contributed by atoms with van der Waals surface area (Å²) in [7, 11) is 0. The minimum Gasteiger partial charge on any atom is -0.367 e. The number of aryl methyl sites for hydroxylation is 2. The molecule has 0 aromatic carbocycles. The summed E-state index contributed by atoms with van der Waals surface area (Å²) >= 11 is 0. The second-order valence-electron chi connectivity index (χ2n) is 6.05. The molecule has 0 unspecified atom stereocenters. The largest absolute Gasteiger partial charge is 0.367 e. The molecule has 0 atom stereocenters. The summed E-state index contributed by atoms with van der Waals surface area (Å²) in [5.41, 5.74) is 2.86. The normalized spacial score (nSPS) is 16.6. The fourth-order valence-corrected chi connectivity index (χ4v) is 3.15. The average Bonchev–Trinajstić information content (AvgIpc) is 3.01. The molecule has 2 aromatic rings. The molecule has 4 rings (SSSR count). The van der Waals surface area contributed by atoms with Crippen LogP contribution in [0.4, 0.5) is 11.6 Å². The fourth-order valence-electron chi connectivity index (χ4n) is 3.15. The Bertz CT molecular complexity index is 761. The van der Waals surface area contributed by atoms with Crippen molar-refractivity contribution >= 4 is 11.6 Å². The summed E-state index contributed by atoms with van der Waals surface area (Å²) < 4.78 is 0. The van der Waals surface area contributed by atoms with E-state index in [2.05, 4.69) is 36.4 Å². The SMILES string of the molecule is N#Cc1nccnc1NCC1CN(c2cc3c(nn2)CCC3)C1. The molecule has 3 heterocycles. The molecule has 0 bridgehead atoms. The van der Waals surface area contributed by atoms with Crippen LogP contribution < -0.4 is 10.2 Å². The molecule has 2 aliphatic rings. The van der Waals surface area contributed by atoms with Crippen molar-refractivity contribution in [1.82, 2.24) is 20.2 Å². The van der Waals surface area contributed by atoms with E-state index >= 15 is 0 Å². The Hall–Kier alpha value is -2.75. The fraction of sp³-hybridized carbons (Fsp3) is 0.438. The first-order valence-electron chi connectivity index (χ1n) is 7.89. The number of fused-ring (bicyclic) bond motifs is 1. The van der Waals surface area contributed by atoms with Gasteiger partial charge in [-0.15, -0.1) is 5.10 Å². The second-order valence-corrected chi connectivity index (χ2v) is 6.05. The zero-order valence-electron chi connectivity index (χ0n) is 12.7. The summed E-state index contributed by atoms with van der Waals surface area (Å²) in [6.07, 6.45) is 6.51. The Morgan fingerprint density at radius 2 is 2.09 bits per heavy atom. The molecule has 23 heavy (non-hydrogen) atoms. The lowest BCUT2D eigenvalue weighted by Gasteiger charge is -2.40. The molecule has 1 aliphatic carbocycles. The van der Waals surface area contributed by atoms with Crippen LogP contribution in [-0.4, -0.2) is 39.8 Å². The Balaban J connectivity index is 1.33. The maximum absolute atomic E-state index is 9.01. The third-order valence-corrected chi connectivity index (χ3v) is 4.45. The van der Waals surface area contributed by atoms with Gasteiger partial charge in [0.1, 0.15) is 6.07 Å². The number of nitrogens with zero attached hydrogens (tertiary/aromatic N) is 6. The third kappa shape index (κ3) is 2.68. The first-order chi connectivity index (χ1) is 11.3. The van der Waals surface area contributed by atoms with Crippen molar-refractivity contribution in [2.24, 2.45) is 5.92 Å². The Morgan fingerprint density at radius 1 is 1.22 bits per heavy atom. The van der Waals surface area contributed by atoms with E-state index in [1.807, 2.05) is 6.07 Å². The zero-order chi connectivity index (χ0) is 15.6. The number of hydrogen-bond acceptors (Lipinski definition) is 7. The van der Waals surface area contributed by atoms with Crippen molar-refractivity contribution < 1.29 is 0 Å². The highest BCUT2D eigenvalue weighted by Gasteiger charge is 2.29. The molecular weight excluding hydrogens is 290 g/mol. The van der Waals surface area contributed by atoms with E-state index in [4.69, 9.17) is 5.26 Å². The van der Waals surface area contributed by atoms with Crippen LogP contribution in [0.5, 0.6) is 0 Å². The van der Waals surface area contributed by atoms with Gasteiger partial charge in [-0.05, 0) is 30.9 Å². The van der Waals surface area contributed by atoms with Crippen molar-refractivity contribution in [3.63, 3.8) is 0 Å². The van der Waals surface area contributed by atoms with Gasteiger partial charge in [0.05, 0.1) is 5.69 Å². The van der Waals surface area contributed by atoms with Crippen LogP contribution in [0.1, 0.15) is 23.4 Å². The number of rotatable bonds is 4. The molecule has 7 heteroatoms. The van der Waals surface area contributed by atoms with E-state index in [9.17, 15) is 0 Å². The van der Waals surface area contributed by atoms with E-state index in [0.29, 0.717) is 17.4 Å². The summed E-state index contributed by atoms with van der Waals surface area (Å²) in [6, 6.07) is 4.24. The molecule has 1 fully saturated rings. The molecule has 0 saturated carbocycles. The minimum atomic E-state index is 0.341. The second kappa shape index (κ2) is 5.80.